The van der Waals surface area contributed by atoms with E-state index in [1.54, 1.807) is 12.0 Å². The lowest BCUT2D eigenvalue weighted by molar-refractivity contribution is -0.151. The Kier molecular flexibility index (Phi) is 6.26. The van der Waals surface area contributed by atoms with Gasteiger partial charge in [0.2, 0.25) is 5.91 Å². The highest BCUT2D eigenvalue weighted by Gasteiger charge is 2.52. The number of hydrogen-bond acceptors (Lipinski definition) is 4. The molecule has 0 unspecified atom stereocenters. The first kappa shape index (κ1) is 21.0. The quantitative estimate of drug-likeness (QED) is 0.778. The van der Waals surface area contributed by atoms with E-state index in [0.29, 0.717) is 0 Å². The Bertz CT molecular complexity index is 1040. The van der Waals surface area contributed by atoms with E-state index in [2.05, 4.69) is 17.9 Å². The number of aliphatic hydroxyl groups is 1. The summed E-state index contributed by atoms with van der Waals surface area (Å²) in [6.07, 6.45) is 3.89. The van der Waals surface area contributed by atoms with Crippen molar-refractivity contribution in [2.24, 2.45) is 5.92 Å². The van der Waals surface area contributed by atoms with Crippen molar-refractivity contribution in [1.29, 1.82) is 5.26 Å². The molecule has 5 heteroatoms. The summed E-state index contributed by atoms with van der Waals surface area (Å²) in [6, 6.07) is 16.8. The molecule has 0 aromatic heterocycles. The van der Waals surface area contributed by atoms with Crippen LogP contribution in [0.1, 0.15) is 48.3 Å². The second kappa shape index (κ2) is 9.25. The molecule has 1 N–H and O–H groups in total. The predicted molar refractivity (Wildman–Crippen MR) is 117 cm³/mol. The van der Waals surface area contributed by atoms with Crippen LogP contribution in [0, 0.1) is 29.1 Å². The van der Waals surface area contributed by atoms with Gasteiger partial charge >= 0.3 is 0 Å². The van der Waals surface area contributed by atoms with E-state index in [1.807, 2.05) is 48.5 Å². The molecular weight excluding hydrogens is 388 g/mol. The molecule has 158 valence electrons. The molecule has 2 aliphatic rings. The zero-order chi connectivity index (χ0) is 21.8. The summed E-state index contributed by atoms with van der Waals surface area (Å²) in [7, 11) is 1.62. The third kappa shape index (κ3) is 4.02. The van der Waals surface area contributed by atoms with E-state index < -0.39 is 6.04 Å². The van der Waals surface area contributed by atoms with E-state index >= 15 is 0 Å². The van der Waals surface area contributed by atoms with Crippen LogP contribution in [0.15, 0.2) is 48.5 Å². The number of nitriles is 1. The molecule has 2 aromatic rings. The molecule has 31 heavy (non-hydrogen) atoms. The minimum Gasteiger partial charge on any atom is -0.495 e. The molecule has 1 saturated carbocycles. The minimum atomic E-state index is -0.532. The zero-order valence-corrected chi connectivity index (χ0v) is 17.6. The van der Waals surface area contributed by atoms with Crippen molar-refractivity contribution in [2.75, 3.05) is 13.7 Å². The predicted octanol–water partition coefficient (Wildman–Crippen LogP) is 3.46. The number of aliphatic hydroxyl groups excluding tert-OH is 1. The molecule has 1 heterocycles. The number of hydrogen-bond donors (Lipinski definition) is 1. The fraction of sp³-hybridized carbons (Fsp3) is 0.385. The third-order valence-corrected chi connectivity index (χ3v) is 6.43. The number of rotatable bonds is 4. The standard InChI is InChI=1S/C26H26N2O3/c1-31-24-9-5-4-6-19(24)13-10-18-11-14-20(15-12-18)25-22(16-27)28(23(25)17-29)26(30)21-7-2-3-8-21/h4-6,9,11-12,14-15,21-23,25,29H,2-3,7-8,17H2,1H3/t22-,23+,25-/m1/s1. The Labute approximate surface area is 183 Å². The van der Waals surface area contributed by atoms with Crippen LogP contribution in [0.2, 0.25) is 0 Å². The van der Waals surface area contributed by atoms with Crippen molar-refractivity contribution in [2.45, 2.75) is 43.7 Å². The van der Waals surface area contributed by atoms with Crippen molar-refractivity contribution >= 4 is 5.91 Å². The molecule has 3 atom stereocenters. The molecule has 0 spiro atoms. The highest BCUT2D eigenvalue weighted by atomic mass is 16.5. The second-order valence-electron chi connectivity index (χ2n) is 8.15. The molecule has 2 fully saturated rings. The van der Waals surface area contributed by atoms with Gasteiger partial charge < -0.3 is 14.7 Å². The van der Waals surface area contributed by atoms with Gasteiger partial charge in [-0.3, -0.25) is 4.79 Å². The Morgan fingerprint density at radius 2 is 1.84 bits per heavy atom. The van der Waals surface area contributed by atoms with Crippen molar-refractivity contribution in [3.8, 4) is 23.7 Å². The number of methoxy groups -OCH3 is 1. The summed E-state index contributed by atoms with van der Waals surface area (Å²) < 4.78 is 5.33. The topological polar surface area (TPSA) is 73.6 Å². The van der Waals surface area contributed by atoms with Crippen molar-refractivity contribution in [3.05, 3.63) is 65.2 Å². The zero-order valence-electron chi connectivity index (χ0n) is 17.6. The van der Waals surface area contributed by atoms with Crippen molar-refractivity contribution in [1.82, 2.24) is 4.90 Å². The van der Waals surface area contributed by atoms with Crippen LogP contribution in [0.4, 0.5) is 0 Å². The van der Waals surface area contributed by atoms with Gasteiger partial charge in [0.25, 0.3) is 0 Å². The molecule has 5 nitrogen and oxygen atoms in total. The Hall–Kier alpha value is -3.28. The number of benzene rings is 2. The molecule has 0 radical (unpaired) electrons. The largest absolute Gasteiger partial charge is 0.495 e. The summed E-state index contributed by atoms with van der Waals surface area (Å²) >= 11 is 0. The molecule has 0 bridgehead atoms. The van der Waals surface area contributed by atoms with Crippen molar-refractivity contribution in [3.63, 3.8) is 0 Å². The Morgan fingerprint density at radius 3 is 2.48 bits per heavy atom. The van der Waals surface area contributed by atoms with Crippen LogP contribution in [0.3, 0.4) is 0 Å². The van der Waals surface area contributed by atoms with E-state index in [4.69, 9.17) is 4.74 Å². The molecule has 1 aliphatic carbocycles. The fourth-order valence-electron chi connectivity index (χ4n) is 4.77. The molecular formula is C26H26N2O3. The lowest BCUT2D eigenvalue weighted by Crippen LogP contribution is -2.66. The number of ether oxygens (including phenoxy) is 1. The van der Waals surface area contributed by atoms with Crippen LogP contribution in [0.5, 0.6) is 5.75 Å². The average molecular weight is 415 g/mol. The van der Waals surface area contributed by atoms with Crippen LogP contribution >= 0.6 is 0 Å². The summed E-state index contributed by atoms with van der Waals surface area (Å²) in [6.45, 7) is -0.142. The van der Waals surface area contributed by atoms with E-state index in [-0.39, 0.29) is 30.4 Å². The summed E-state index contributed by atoms with van der Waals surface area (Å²) in [5.41, 5.74) is 2.62. The lowest BCUT2D eigenvalue weighted by atomic mass is 9.75. The summed E-state index contributed by atoms with van der Waals surface area (Å²) in [4.78, 5) is 14.5. The highest BCUT2D eigenvalue weighted by molar-refractivity contribution is 5.82. The van der Waals surface area contributed by atoms with Gasteiger partial charge in [0.05, 0.1) is 31.4 Å². The summed E-state index contributed by atoms with van der Waals surface area (Å²) in [5, 5.41) is 19.7. The third-order valence-electron chi connectivity index (χ3n) is 6.43. The molecule has 1 aliphatic heterocycles. The summed E-state index contributed by atoms with van der Waals surface area (Å²) in [5.74, 6) is 6.85. The number of amides is 1. The maximum atomic E-state index is 12.9. The van der Waals surface area contributed by atoms with E-state index in [9.17, 15) is 15.2 Å². The van der Waals surface area contributed by atoms with Crippen LogP contribution in [0.25, 0.3) is 0 Å². The fourth-order valence-corrected chi connectivity index (χ4v) is 4.77. The number of carbonyl (C=O) groups is 1. The van der Waals surface area contributed by atoms with Crippen LogP contribution in [-0.2, 0) is 4.79 Å². The van der Waals surface area contributed by atoms with Gasteiger partial charge in [-0.1, -0.05) is 48.9 Å². The smallest absolute Gasteiger partial charge is 0.227 e. The van der Waals surface area contributed by atoms with Crippen LogP contribution in [-0.4, -0.2) is 41.7 Å². The second-order valence-corrected chi connectivity index (χ2v) is 8.15. The van der Waals surface area contributed by atoms with E-state index in [0.717, 1.165) is 48.1 Å². The first-order chi connectivity index (χ1) is 15.2. The molecule has 1 amide bonds. The van der Waals surface area contributed by atoms with E-state index in [1.165, 1.54) is 0 Å². The molecule has 2 aromatic carbocycles. The number of likely N-dealkylation sites (tertiary alicyclic amines) is 1. The van der Waals surface area contributed by atoms with Gasteiger partial charge in [-0.25, -0.2) is 0 Å². The first-order valence-electron chi connectivity index (χ1n) is 10.8. The average Bonchev–Trinajstić information content (AvgIpc) is 3.34. The number of para-hydroxylation sites is 1. The van der Waals surface area contributed by atoms with Gasteiger partial charge in [-0.05, 0) is 42.7 Å². The highest BCUT2D eigenvalue weighted by Crippen LogP contribution is 2.42. The van der Waals surface area contributed by atoms with Gasteiger partial charge in [0.1, 0.15) is 11.8 Å². The molecule has 1 saturated heterocycles. The first-order valence-corrected chi connectivity index (χ1v) is 10.8. The monoisotopic (exact) mass is 414 g/mol. The number of carbonyl (C=O) groups excluding carboxylic acids is 1. The van der Waals surface area contributed by atoms with Gasteiger partial charge in [-0.15, -0.1) is 0 Å². The normalized spacial score (nSPS) is 22.7. The Morgan fingerprint density at radius 1 is 1.13 bits per heavy atom. The SMILES string of the molecule is COc1ccccc1C#Cc1ccc([C@@H]2[C@@H](C#N)N(C(=O)C3CCCC3)[C@H]2CO)cc1. The molecule has 4 rings (SSSR count). The van der Waals surface area contributed by atoms with Gasteiger partial charge in [0, 0.05) is 17.4 Å². The minimum absolute atomic E-state index is 0.00141. The Balaban J connectivity index is 1.51. The maximum absolute atomic E-state index is 12.9. The number of nitrogens with zero attached hydrogens (tertiary/aromatic N) is 2. The van der Waals surface area contributed by atoms with Gasteiger partial charge in [-0.2, -0.15) is 5.26 Å². The van der Waals surface area contributed by atoms with Crippen molar-refractivity contribution < 1.29 is 14.6 Å². The van der Waals surface area contributed by atoms with Crippen LogP contribution < -0.4 is 4.74 Å². The maximum Gasteiger partial charge on any atom is 0.227 e. The lowest BCUT2D eigenvalue weighted by Gasteiger charge is -2.52. The van der Waals surface area contributed by atoms with Gasteiger partial charge in [0.15, 0.2) is 0 Å².